The second-order valence-corrected chi connectivity index (χ2v) is 19.4. The summed E-state index contributed by atoms with van der Waals surface area (Å²) in [6, 6.07) is 34.6. The molecule has 7 nitrogen and oxygen atoms in total. The van der Waals surface area contributed by atoms with Crippen molar-refractivity contribution in [2.45, 2.75) is 46.3 Å². The van der Waals surface area contributed by atoms with Gasteiger partial charge in [-0.2, -0.15) is 0 Å². The minimum Gasteiger partial charge on any atom is -0.489 e. The van der Waals surface area contributed by atoms with Gasteiger partial charge in [0.25, 0.3) is 0 Å². The number of halogens is 6. The van der Waals surface area contributed by atoms with Gasteiger partial charge in [0.05, 0.1) is 25.6 Å². The van der Waals surface area contributed by atoms with Gasteiger partial charge in [-0.1, -0.05) is 82.8 Å². The monoisotopic (exact) mass is 918 g/mol. The Balaban J connectivity index is 0.000000201. The first-order valence-corrected chi connectivity index (χ1v) is 22.7. The second kappa shape index (κ2) is 19.5. The first kappa shape index (κ1) is 44.4. The fourth-order valence-corrected chi connectivity index (χ4v) is 10.6. The summed E-state index contributed by atoms with van der Waals surface area (Å²) in [4.78, 5) is 0.393. The van der Waals surface area contributed by atoms with E-state index in [0.717, 1.165) is 0 Å². The standard InChI is InChI=1S/C24H21Cl2FO4S.C20H15Cl2FO3S/c25-18-7-9-20(10-8-18)32(28,29)24(11-13-30-14-12-24)17-3-1-4-19(15-17)31-16-21-22(26)5-2-6-23(21)27;21-15-7-9-17(10-8-15)27(24,25)13-14-3-1-4-16(11-14)26-12-18-19(22)5-2-6-20(18)23/h1-10,15H,11-14,16H2;1-11H,12-13H2. The summed E-state index contributed by atoms with van der Waals surface area (Å²) < 4.78 is 96.3. The molecule has 0 atom stereocenters. The molecule has 6 aromatic rings. The molecule has 1 fully saturated rings. The summed E-state index contributed by atoms with van der Waals surface area (Å²) in [6.07, 6.45) is 0.612. The predicted molar refractivity (Wildman–Crippen MR) is 227 cm³/mol. The number of hydrogen-bond donors (Lipinski definition) is 0. The van der Waals surface area contributed by atoms with Crippen molar-refractivity contribution < 1.29 is 39.8 Å². The molecule has 0 radical (unpaired) electrons. The highest BCUT2D eigenvalue weighted by atomic mass is 35.5. The van der Waals surface area contributed by atoms with Crippen LogP contribution in [0.3, 0.4) is 0 Å². The molecule has 1 aliphatic rings. The zero-order chi connectivity index (χ0) is 42.2. The van der Waals surface area contributed by atoms with Crippen LogP contribution in [0.5, 0.6) is 11.5 Å². The fraction of sp³-hybridized carbons (Fsp3) is 0.182. The Kier molecular flexibility index (Phi) is 14.6. The molecule has 0 aromatic heterocycles. The lowest BCUT2D eigenvalue weighted by molar-refractivity contribution is 0.0739. The Bertz CT molecular complexity index is 2580. The van der Waals surface area contributed by atoms with E-state index in [1.807, 2.05) is 0 Å². The highest BCUT2D eigenvalue weighted by molar-refractivity contribution is 7.92. The molecule has 6 aromatic carbocycles. The van der Waals surface area contributed by atoms with Crippen molar-refractivity contribution in [2.24, 2.45) is 0 Å². The second-order valence-electron chi connectivity index (χ2n) is 13.4. The molecule has 0 aliphatic carbocycles. The molecule has 0 amide bonds. The molecule has 308 valence electrons. The third-order valence-electron chi connectivity index (χ3n) is 9.62. The van der Waals surface area contributed by atoms with E-state index in [1.54, 1.807) is 72.8 Å². The Hall–Kier alpha value is -4.20. The van der Waals surface area contributed by atoms with Crippen LogP contribution in [0.1, 0.15) is 35.1 Å². The lowest BCUT2D eigenvalue weighted by Gasteiger charge is -2.37. The molecule has 0 saturated carbocycles. The first-order valence-electron chi connectivity index (χ1n) is 18.1. The maximum Gasteiger partial charge on any atom is 0.188 e. The normalized spacial score (nSPS) is 13.9. The quantitative estimate of drug-likeness (QED) is 0.121. The maximum absolute atomic E-state index is 14.1. The molecule has 0 N–H and O–H groups in total. The van der Waals surface area contributed by atoms with Crippen molar-refractivity contribution >= 4 is 66.1 Å². The molecule has 15 heteroatoms. The van der Waals surface area contributed by atoms with Gasteiger partial charge >= 0.3 is 0 Å². The number of benzene rings is 6. The van der Waals surface area contributed by atoms with Gasteiger partial charge in [-0.15, -0.1) is 0 Å². The van der Waals surface area contributed by atoms with Gasteiger partial charge in [-0.05, 0) is 121 Å². The van der Waals surface area contributed by atoms with Gasteiger partial charge in [-0.25, -0.2) is 25.6 Å². The molecule has 59 heavy (non-hydrogen) atoms. The summed E-state index contributed by atoms with van der Waals surface area (Å²) in [5.41, 5.74) is 1.66. The van der Waals surface area contributed by atoms with E-state index in [1.165, 1.54) is 60.7 Å². The molecule has 0 unspecified atom stereocenters. The average Bonchev–Trinajstić information content (AvgIpc) is 3.21. The topological polar surface area (TPSA) is 96.0 Å². The van der Waals surface area contributed by atoms with Gasteiger partial charge in [0.1, 0.15) is 41.1 Å². The smallest absolute Gasteiger partial charge is 0.188 e. The zero-order valence-corrected chi connectivity index (χ0v) is 35.8. The van der Waals surface area contributed by atoms with E-state index in [-0.39, 0.29) is 49.9 Å². The Morgan fingerprint density at radius 3 is 1.58 bits per heavy atom. The lowest BCUT2D eigenvalue weighted by Crippen LogP contribution is -2.41. The predicted octanol–water partition coefficient (Wildman–Crippen LogP) is 11.9. The minimum atomic E-state index is -3.77. The van der Waals surface area contributed by atoms with Crippen molar-refractivity contribution in [3.05, 3.63) is 187 Å². The van der Waals surface area contributed by atoms with Crippen LogP contribution in [0.25, 0.3) is 0 Å². The van der Waals surface area contributed by atoms with Crippen molar-refractivity contribution in [2.75, 3.05) is 13.2 Å². The number of hydrogen-bond acceptors (Lipinski definition) is 7. The highest BCUT2D eigenvalue weighted by Gasteiger charge is 2.47. The third kappa shape index (κ3) is 10.8. The van der Waals surface area contributed by atoms with Crippen LogP contribution < -0.4 is 9.47 Å². The van der Waals surface area contributed by atoms with Gasteiger partial charge < -0.3 is 14.2 Å². The van der Waals surface area contributed by atoms with Crippen molar-refractivity contribution in [1.82, 2.24) is 0 Å². The summed E-state index contributed by atoms with van der Waals surface area (Å²) in [5.74, 6) is -0.243. The molecule has 0 bridgehead atoms. The molecule has 1 saturated heterocycles. The van der Waals surface area contributed by atoms with E-state index in [9.17, 15) is 25.6 Å². The highest BCUT2D eigenvalue weighted by Crippen LogP contribution is 2.44. The van der Waals surface area contributed by atoms with Gasteiger partial charge in [-0.3, -0.25) is 0 Å². The zero-order valence-electron chi connectivity index (χ0n) is 31.1. The average molecular weight is 921 g/mol. The summed E-state index contributed by atoms with van der Waals surface area (Å²) in [7, 11) is -7.29. The summed E-state index contributed by atoms with van der Waals surface area (Å²) in [6.45, 7) is 0.513. The summed E-state index contributed by atoms with van der Waals surface area (Å²) in [5, 5.41) is 1.48. The number of ether oxygens (including phenoxy) is 3. The Morgan fingerprint density at radius 2 is 1.05 bits per heavy atom. The number of rotatable bonds is 12. The van der Waals surface area contributed by atoms with Crippen LogP contribution in [0.4, 0.5) is 8.78 Å². The molecule has 1 heterocycles. The maximum atomic E-state index is 14.1. The van der Waals surface area contributed by atoms with Crippen LogP contribution in [-0.2, 0) is 48.1 Å². The van der Waals surface area contributed by atoms with Crippen molar-refractivity contribution in [1.29, 1.82) is 0 Å². The van der Waals surface area contributed by atoms with Crippen molar-refractivity contribution in [3.63, 3.8) is 0 Å². The molecule has 0 spiro atoms. The molecular weight excluding hydrogens is 884 g/mol. The van der Waals surface area contributed by atoms with Crippen LogP contribution >= 0.6 is 46.4 Å². The Labute approximate surface area is 362 Å². The van der Waals surface area contributed by atoms with E-state index in [0.29, 0.717) is 58.7 Å². The molecular formula is C44H36Cl4F2O7S2. The van der Waals surface area contributed by atoms with Crippen LogP contribution in [-0.4, -0.2) is 30.0 Å². The van der Waals surface area contributed by atoms with Crippen LogP contribution in [0, 0.1) is 11.6 Å². The first-order chi connectivity index (χ1) is 28.2. The van der Waals surface area contributed by atoms with Gasteiger partial charge in [0.15, 0.2) is 19.7 Å². The lowest BCUT2D eigenvalue weighted by atomic mass is 9.90. The van der Waals surface area contributed by atoms with E-state index in [2.05, 4.69) is 0 Å². The van der Waals surface area contributed by atoms with E-state index >= 15 is 0 Å². The fourth-order valence-electron chi connectivity index (χ4n) is 6.44. The van der Waals surface area contributed by atoms with Crippen LogP contribution in [0.2, 0.25) is 20.1 Å². The van der Waals surface area contributed by atoms with E-state index in [4.69, 9.17) is 60.6 Å². The minimum absolute atomic E-state index is 0.0567. The largest absolute Gasteiger partial charge is 0.489 e. The SMILES string of the molecule is O=S(=O)(Cc1cccc(OCc2c(F)cccc2Cl)c1)c1ccc(Cl)cc1.O=S(=O)(c1ccc(Cl)cc1)C1(c2cccc(OCc3c(F)cccc3Cl)c2)CCOCC1. The third-order valence-corrected chi connectivity index (χ3v) is 15.1. The van der Waals surface area contributed by atoms with Crippen LogP contribution in [0.15, 0.2) is 143 Å². The van der Waals surface area contributed by atoms with Gasteiger partial charge in [0, 0.05) is 34.4 Å². The van der Waals surface area contributed by atoms with Gasteiger partial charge in [0.2, 0.25) is 0 Å². The molecule has 1 aliphatic heterocycles. The molecule has 7 rings (SSSR count). The van der Waals surface area contributed by atoms with E-state index < -0.39 is 36.1 Å². The Morgan fingerprint density at radius 1 is 0.576 bits per heavy atom. The number of sulfone groups is 2. The van der Waals surface area contributed by atoms with Crippen molar-refractivity contribution in [3.8, 4) is 11.5 Å². The summed E-state index contributed by atoms with van der Waals surface area (Å²) >= 11 is 23.8.